The van der Waals surface area contributed by atoms with Crippen molar-refractivity contribution in [3.63, 3.8) is 0 Å². The van der Waals surface area contributed by atoms with E-state index < -0.39 is 70.0 Å². The average Bonchev–Trinajstić information content (AvgIpc) is 0.849. The van der Waals surface area contributed by atoms with Crippen LogP contribution in [-0.4, -0.2) is 98.5 Å². The number of halogens is 7. The van der Waals surface area contributed by atoms with Gasteiger partial charge in [-0.25, -0.2) is 18.7 Å². The molecule has 8 rings (SSSR count). The summed E-state index contributed by atoms with van der Waals surface area (Å²) in [5.41, 5.74) is -1.69. The summed E-state index contributed by atoms with van der Waals surface area (Å²) in [5, 5.41) is 42.4. The minimum absolute atomic E-state index is 0. The zero-order valence-electron chi connectivity index (χ0n) is 54.6. The number of aliphatic carboxylic acids is 1. The average molecular weight is 1670 g/mol. The molecular formula is C68H58AgCl7N3O23S. The summed E-state index contributed by atoms with van der Waals surface area (Å²) in [6.07, 6.45) is 0. The van der Waals surface area contributed by atoms with Crippen LogP contribution in [0.5, 0.6) is 23.0 Å². The quantitative estimate of drug-likeness (QED) is 0.0209. The standard InChI is InChI=1S/C17H14Cl2O3.2C17H14ClNO6.C17H15ClO4.Ag.Cl2OS.HNO3/c1-17(2,16(19)21)22-14-9-5-12(6-10-14)15(20)11-3-7-13(18)8-4-11;2*1-17(2,16(21)25-19(22)23)24-14-9-5-12(6-10-14)15(20)11-3-7-13(18)8-4-11;1-17(2,16(20)21)22-14-9-5-12(6-10-14)15(19)11-3-7-13(18)8-4-11;;1-4(2)3;2-1(3)4/h3-10H,1-2H3;2*3-10H,1-2H3;3-10H,1-2H3,(H,20,21);;;(H,2,3,4). The van der Waals surface area contributed by atoms with Crippen LogP contribution in [0.1, 0.15) is 119 Å². The van der Waals surface area contributed by atoms with E-state index in [0.717, 1.165) is 0 Å². The van der Waals surface area contributed by atoms with E-state index in [1.165, 1.54) is 90.1 Å². The molecule has 2 N–H and O–H groups in total. The second-order valence-electron chi connectivity index (χ2n) is 22.1. The normalized spacial score (nSPS) is 10.6. The first kappa shape index (κ1) is 89.7. The SMILES string of the molecule is CC(C)(Oc1ccc(C(=O)c2ccc(Cl)cc2)cc1)C(=O)Cl.CC(C)(Oc1ccc(C(=O)c2ccc(Cl)cc2)cc1)C(=O)O.CC(C)(Oc1ccc(C(=O)c2ccc(Cl)cc2)cc1)C(=O)O[N+](=O)[O-].CC(C)(Oc1ccc(C(=O)c2ccc(Cl)cc2)cc1)C(=O)O[N+](=O)[O-].O=S(Cl)Cl.O=[N+]([O-])O.[Ag]. The number of carboxylic acids is 1. The minimum Gasteiger partial charge on any atom is -0.479 e. The molecule has 1 radical (unpaired) electrons. The molecule has 26 nitrogen and oxygen atoms in total. The third-order valence-corrected chi connectivity index (χ3v) is 14.1. The summed E-state index contributed by atoms with van der Waals surface area (Å²) in [6.45, 7) is 11.4. The second-order valence-corrected chi connectivity index (χ2v) is 26.7. The summed E-state index contributed by atoms with van der Waals surface area (Å²) >= 11 is 28.7. The van der Waals surface area contributed by atoms with Crippen molar-refractivity contribution in [1.82, 2.24) is 0 Å². The van der Waals surface area contributed by atoms with Crippen molar-refractivity contribution in [3.8, 4) is 23.0 Å². The zero-order chi connectivity index (χ0) is 77.0. The Kier molecular flexibility index (Phi) is 36.3. The monoisotopic (exact) mass is 1670 g/mol. The van der Waals surface area contributed by atoms with Crippen molar-refractivity contribution in [3.05, 3.63) is 289 Å². The number of nitrogens with zero attached hydrogens (tertiary/aromatic N) is 3. The van der Waals surface area contributed by atoms with Crippen molar-refractivity contribution in [2.45, 2.75) is 77.8 Å². The molecule has 0 aliphatic carbocycles. The van der Waals surface area contributed by atoms with E-state index in [-0.39, 0.29) is 57.0 Å². The Morgan fingerprint density at radius 3 is 0.670 bits per heavy atom. The van der Waals surface area contributed by atoms with Crippen LogP contribution in [0, 0.1) is 30.3 Å². The Morgan fingerprint density at radius 1 is 0.359 bits per heavy atom. The van der Waals surface area contributed by atoms with Gasteiger partial charge in [-0.2, -0.15) is 0 Å². The first-order valence-corrected chi connectivity index (χ1v) is 33.2. The van der Waals surface area contributed by atoms with Crippen LogP contribution in [0.3, 0.4) is 0 Å². The predicted molar refractivity (Wildman–Crippen MR) is 377 cm³/mol. The van der Waals surface area contributed by atoms with E-state index >= 15 is 0 Å². The molecule has 0 amide bonds. The molecule has 8 aromatic rings. The number of hydrogen-bond donors (Lipinski definition) is 2. The molecule has 0 bridgehead atoms. The van der Waals surface area contributed by atoms with E-state index in [0.29, 0.717) is 76.1 Å². The molecule has 0 fully saturated rings. The number of carboxylic acid groups (broad SMARTS) is 1. The van der Waals surface area contributed by atoms with Crippen molar-refractivity contribution >= 4 is 135 Å². The molecule has 549 valence electrons. The molecule has 0 aliphatic heterocycles. The van der Waals surface area contributed by atoms with Crippen molar-refractivity contribution in [1.29, 1.82) is 0 Å². The number of ketones is 4. The molecule has 35 heteroatoms. The third-order valence-electron chi connectivity index (χ3n) is 12.7. The van der Waals surface area contributed by atoms with Crippen LogP contribution in [-0.2, 0) is 60.5 Å². The molecule has 0 saturated carbocycles. The maximum Gasteiger partial charge on any atom is 0.347 e. The van der Waals surface area contributed by atoms with Crippen molar-refractivity contribution in [2.24, 2.45) is 0 Å². The Morgan fingerprint density at radius 2 is 0.515 bits per heavy atom. The molecule has 0 aromatic heterocycles. The number of rotatable bonds is 22. The third kappa shape index (κ3) is 31.8. The summed E-state index contributed by atoms with van der Waals surface area (Å²) in [4.78, 5) is 131. The van der Waals surface area contributed by atoms with Crippen LogP contribution in [0.15, 0.2) is 194 Å². The summed E-state index contributed by atoms with van der Waals surface area (Å²) in [6, 6.07) is 51.2. The van der Waals surface area contributed by atoms with Gasteiger partial charge in [-0.3, -0.25) is 33.6 Å². The Labute approximate surface area is 639 Å². The molecule has 0 heterocycles. The number of carbonyl (C=O) groups excluding carboxylic acids is 7. The second kappa shape index (κ2) is 41.7. The van der Waals surface area contributed by atoms with Crippen LogP contribution < -0.4 is 18.9 Å². The van der Waals surface area contributed by atoms with Crippen LogP contribution in [0.4, 0.5) is 0 Å². The van der Waals surface area contributed by atoms with Gasteiger partial charge in [-0.1, -0.05) is 46.4 Å². The van der Waals surface area contributed by atoms with Crippen LogP contribution >= 0.6 is 79.4 Å². The topological polar surface area (TPSA) is 379 Å². The zero-order valence-corrected chi connectivity index (χ0v) is 62.2. The summed E-state index contributed by atoms with van der Waals surface area (Å²) in [7, 11) is 7.36. The number of hydrogen-bond acceptors (Lipinski definition) is 21. The van der Waals surface area contributed by atoms with Gasteiger partial charge >= 0.3 is 28.1 Å². The molecule has 0 atom stereocenters. The largest absolute Gasteiger partial charge is 0.479 e. The molecule has 103 heavy (non-hydrogen) atoms. The molecular weight excluding hydrogens is 1610 g/mol. The minimum atomic E-state index is -1.67. The smallest absolute Gasteiger partial charge is 0.347 e. The molecule has 8 aromatic carbocycles. The first-order chi connectivity index (χ1) is 47.4. The molecule has 0 spiro atoms. The van der Waals surface area contributed by atoms with Gasteiger partial charge in [0.05, 0.1) is 0 Å². The fourth-order valence-corrected chi connectivity index (χ4v) is 8.01. The Bertz CT molecular complexity index is 4010. The van der Waals surface area contributed by atoms with Crippen molar-refractivity contribution in [2.75, 3.05) is 0 Å². The molecule has 0 unspecified atom stereocenters. The van der Waals surface area contributed by atoms with E-state index in [9.17, 15) is 58.6 Å². The molecule has 0 aliphatic rings. The van der Waals surface area contributed by atoms with Crippen LogP contribution in [0.2, 0.25) is 20.1 Å². The maximum absolute atomic E-state index is 12.4. The maximum atomic E-state index is 12.4. The number of ether oxygens (including phenoxy) is 4. The van der Waals surface area contributed by atoms with Gasteiger partial charge in [0.25, 0.3) is 10.3 Å². The Hall–Kier alpha value is -9.36. The van der Waals surface area contributed by atoms with Gasteiger partial charge < -0.3 is 29.3 Å². The number of carbonyl (C=O) groups is 8. The fourth-order valence-electron chi connectivity index (χ4n) is 7.47. The summed E-state index contributed by atoms with van der Waals surface area (Å²) < 4.78 is 30.8. The Balaban J connectivity index is 0.000000449. The van der Waals surface area contributed by atoms with E-state index in [1.54, 1.807) is 159 Å². The van der Waals surface area contributed by atoms with E-state index in [1.807, 2.05) is 0 Å². The van der Waals surface area contributed by atoms with E-state index in [2.05, 4.69) is 31.0 Å². The first-order valence-electron chi connectivity index (χ1n) is 28.5. The van der Waals surface area contributed by atoms with Crippen LogP contribution in [0.25, 0.3) is 0 Å². The fraction of sp³-hybridized carbons (Fsp3) is 0.176. The van der Waals surface area contributed by atoms with Gasteiger partial charge in [-0.05, 0) is 261 Å². The number of benzene rings is 8. The van der Waals surface area contributed by atoms with Gasteiger partial charge in [0.2, 0.25) is 9.23 Å². The van der Waals surface area contributed by atoms with Gasteiger partial charge in [-0.15, -0.1) is 30.3 Å². The van der Waals surface area contributed by atoms with Crippen molar-refractivity contribution < 1.29 is 119 Å². The molecule has 0 saturated heterocycles. The van der Waals surface area contributed by atoms with Gasteiger partial charge in [0, 0.05) is 108 Å². The van der Waals surface area contributed by atoms with Gasteiger partial charge in [0.1, 0.15) is 23.0 Å². The predicted octanol–water partition coefficient (Wildman–Crippen LogP) is 15.9. The summed E-state index contributed by atoms with van der Waals surface area (Å²) in [5.74, 6) is -2.61. The van der Waals surface area contributed by atoms with Gasteiger partial charge in [0.15, 0.2) is 45.5 Å². The van der Waals surface area contributed by atoms with E-state index in [4.69, 9.17) is 102 Å².